The number of nitrogens with one attached hydrogen (secondary N) is 2. The van der Waals surface area contributed by atoms with Gasteiger partial charge in [-0.1, -0.05) is 17.7 Å². The molecule has 5 heteroatoms. The van der Waals surface area contributed by atoms with Gasteiger partial charge in [0.1, 0.15) is 0 Å². The predicted molar refractivity (Wildman–Crippen MR) is 76.7 cm³/mol. The Morgan fingerprint density at radius 2 is 2.33 bits per heavy atom. The van der Waals surface area contributed by atoms with E-state index in [-0.39, 0.29) is 18.3 Å². The highest BCUT2D eigenvalue weighted by atomic mass is 35.5. The number of amides is 1. The molecule has 0 saturated carbocycles. The summed E-state index contributed by atoms with van der Waals surface area (Å²) in [5.74, 6) is 0.523. The van der Waals surface area contributed by atoms with Gasteiger partial charge in [0.15, 0.2) is 0 Å². The fourth-order valence-electron chi connectivity index (χ4n) is 2.06. The largest absolute Gasteiger partial charge is 0.352 e. The molecule has 1 aromatic rings. The summed E-state index contributed by atoms with van der Waals surface area (Å²) < 4.78 is 0. The molecule has 0 aromatic heterocycles. The zero-order valence-corrected chi connectivity index (χ0v) is 11.9. The molecule has 3 nitrogen and oxygen atoms in total. The molecule has 1 aliphatic rings. The molecule has 1 fully saturated rings. The highest BCUT2D eigenvalue weighted by molar-refractivity contribution is 6.31. The van der Waals surface area contributed by atoms with Crippen molar-refractivity contribution in [2.24, 2.45) is 5.92 Å². The Bertz CT molecular complexity index is 417. The number of hydrogen-bond acceptors (Lipinski definition) is 2. The second kappa shape index (κ2) is 6.98. The molecule has 1 heterocycles. The van der Waals surface area contributed by atoms with E-state index in [1.54, 1.807) is 12.1 Å². The molecule has 0 radical (unpaired) electrons. The average molecular weight is 289 g/mol. The monoisotopic (exact) mass is 288 g/mol. The molecule has 0 spiro atoms. The average Bonchev–Trinajstić information content (AvgIpc) is 2.82. The minimum atomic E-state index is -0.0306. The van der Waals surface area contributed by atoms with Crippen LogP contribution >= 0.6 is 24.0 Å². The van der Waals surface area contributed by atoms with Crippen molar-refractivity contribution in [1.29, 1.82) is 0 Å². The van der Waals surface area contributed by atoms with Crippen LogP contribution in [-0.2, 0) is 0 Å². The number of aryl methyl sites for hydroxylation is 1. The van der Waals surface area contributed by atoms with E-state index < -0.39 is 0 Å². The molecule has 2 rings (SSSR count). The van der Waals surface area contributed by atoms with Gasteiger partial charge in [-0.3, -0.25) is 4.79 Å². The molecule has 0 bridgehead atoms. The van der Waals surface area contributed by atoms with Gasteiger partial charge < -0.3 is 10.6 Å². The second-order valence-electron chi connectivity index (χ2n) is 4.53. The van der Waals surface area contributed by atoms with E-state index in [1.165, 1.54) is 0 Å². The Balaban J connectivity index is 0.00000162. The van der Waals surface area contributed by atoms with Crippen LogP contribution in [-0.4, -0.2) is 25.5 Å². The topological polar surface area (TPSA) is 41.1 Å². The molecular formula is C13H18Cl2N2O. The Morgan fingerprint density at radius 3 is 3.00 bits per heavy atom. The predicted octanol–water partition coefficient (Wildman–Crippen LogP) is 2.41. The van der Waals surface area contributed by atoms with Gasteiger partial charge in [-0.15, -0.1) is 12.4 Å². The van der Waals surface area contributed by atoms with E-state index >= 15 is 0 Å². The van der Waals surface area contributed by atoms with Crippen molar-refractivity contribution >= 4 is 29.9 Å². The Morgan fingerprint density at radius 1 is 1.56 bits per heavy atom. The van der Waals surface area contributed by atoms with Crippen molar-refractivity contribution in [3.63, 3.8) is 0 Å². The lowest BCUT2D eigenvalue weighted by Gasteiger charge is -2.11. The Labute approximate surface area is 119 Å². The molecule has 100 valence electrons. The SMILES string of the molecule is Cc1ccc(Cl)cc1C(=O)NCC1CCNC1.Cl. The van der Waals surface area contributed by atoms with Crippen LogP contribution in [0.2, 0.25) is 5.02 Å². The van der Waals surface area contributed by atoms with Crippen molar-refractivity contribution < 1.29 is 4.79 Å². The van der Waals surface area contributed by atoms with E-state index in [9.17, 15) is 4.79 Å². The molecule has 1 unspecified atom stereocenters. The Kier molecular flexibility index (Phi) is 5.93. The summed E-state index contributed by atoms with van der Waals surface area (Å²) in [6.07, 6.45) is 1.13. The van der Waals surface area contributed by atoms with Gasteiger partial charge in [-0.2, -0.15) is 0 Å². The summed E-state index contributed by atoms with van der Waals surface area (Å²) in [6.45, 7) is 4.70. The van der Waals surface area contributed by atoms with E-state index in [2.05, 4.69) is 10.6 Å². The first-order chi connectivity index (χ1) is 8.16. The third-order valence-corrected chi connectivity index (χ3v) is 3.39. The lowest BCUT2D eigenvalue weighted by atomic mass is 10.1. The van der Waals surface area contributed by atoms with Gasteiger partial charge in [0.05, 0.1) is 0 Å². The van der Waals surface area contributed by atoms with Crippen LogP contribution < -0.4 is 10.6 Å². The number of benzene rings is 1. The van der Waals surface area contributed by atoms with Crippen LogP contribution in [0.5, 0.6) is 0 Å². The van der Waals surface area contributed by atoms with Crippen molar-refractivity contribution in [3.05, 3.63) is 34.3 Å². The van der Waals surface area contributed by atoms with Crippen molar-refractivity contribution in [3.8, 4) is 0 Å². The zero-order valence-electron chi connectivity index (χ0n) is 10.3. The number of rotatable bonds is 3. The Hall–Kier alpha value is -0.770. The smallest absolute Gasteiger partial charge is 0.251 e. The van der Waals surface area contributed by atoms with E-state index in [0.717, 1.165) is 31.6 Å². The minimum absolute atomic E-state index is 0. The van der Waals surface area contributed by atoms with E-state index in [0.29, 0.717) is 16.5 Å². The lowest BCUT2D eigenvalue weighted by molar-refractivity contribution is 0.0947. The first-order valence-electron chi connectivity index (χ1n) is 5.92. The number of carbonyl (C=O) groups is 1. The number of carbonyl (C=O) groups excluding carboxylic acids is 1. The second-order valence-corrected chi connectivity index (χ2v) is 4.96. The molecule has 0 aliphatic carbocycles. The highest BCUT2D eigenvalue weighted by Crippen LogP contribution is 2.15. The highest BCUT2D eigenvalue weighted by Gasteiger charge is 2.16. The van der Waals surface area contributed by atoms with Crippen LogP contribution in [0.1, 0.15) is 22.3 Å². The summed E-state index contributed by atoms with van der Waals surface area (Å²) in [4.78, 5) is 12.0. The normalized spacial score (nSPS) is 18.2. The van der Waals surface area contributed by atoms with Crippen LogP contribution in [0.4, 0.5) is 0 Å². The van der Waals surface area contributed by atoms with Crippen molar-refractivity contribution in [1.82, 2.24) is 10.6 Å². The molecular weight excluding hydrogens is 271 g/mol. The van der Waals surface area contributed by atoms with E-state index in [1.807, 2.05) is 13.0 Å². The maximum Gasteiger partial charge on any atom is 0.251 e. The number of hydrogen-bond donors (Lipinski definition) is 2. The molecule has 1 atom stereocenters. The fourth-order valence-corrected chi connectivity index (χ4v) is 2.23. The molecule has 18 heavy (non-hydrogen) atoms. The van der Waals surface area contributed by atoms with Gasteiger partial charge in [0, 0.05) is 17.1 Å². The first-order valence-corrected chi connectivity index (χ1v) is 6.29. The van der Waals surface area contributed by atoms with Gasteiger partial charge in [0.2, 0.25) is 0 Å². The van der Waals surface area contributed by atoms with Crippen LogP contribution in [0, 0.1) is 12.8 Å². The quantitative estimate of drug-likeness (QED) is 0.897. The molecule has 1 aliphatic heterocycles. The van der Waals surface area contributed by atoms with Gasteiger partial charge in [-0.05, 0) is 50.0 Å². The van der Waals surface area contributed by atoms with Crippen molar-refractivity contribution in [2.45, 2.75) is 13.3 Å². The summed E-state index contributed by atoms with van der Waals surface area (Å²) >= 11 is 5.90. The maximum absolute atomic E-state index is 12.0. The van der Waals surface area contributed by atoms with Gasteiger partial charge in [-0.25, -0.2) is 0 Å². The van der Waals surface area contributed by atoms with Crippen LogP contribution in [0.25, 0.3) is 0 Å². The third-order valence-electron chi connectivity index (χ3n) is 3.16. The van der Waals surface area contributed by atoms with Gasteiger partial charge >= 0.3 is 0 Å². The van der Waals surface area contributed by atoms with Gasteiger partial charge in [0.25, 0.3) is 5.91 Å². The zero-order chi connectivity index (χ0) is 12.3. The number of halogens is 2. The standard InChI is InChI=1S/C13H17ClN2O.ClH/c1-9-2-3-11(14)6-12(9)13(17)16-8-10-4-5-15-7-10;/h2-3,6,10,15H,4-5,7-8H2,1H3,(H,16,17);1H. The first kappa shape index (κ1) is 15.3. The molecule has 1 aromatic carbocycles. The molecule has 1 saturated heterocycles. The third kappa shape index (κ3) is 3.87. The summed E-state index contributed by atoms with van der Waals surface area (Å²) in [6, 6.07) is 5.39. The van der Waals surface area contributed by atoms with Crippen molar-refractivity contribution in [2.75, 3.05) is 19.6 Å². The lowest BCUT2D eigenvalue weighted by Crippen LogP contribution is -2.30. The van der Waals surface area contributed by atoms with E-state index in [4.69, 9.17) is 11.6 Å². The molecule has 1 amide bonds. The summed E-state index contributed by atoms with van der Waals surface area (Å²) in [5.41, 5.74) is 1.62. The maximum atomic E-state index is 12.0. The molecule has 2 N–H and O–H groups in total. The van der Waals surface area contributed by atoms with Crippen LogP contribution in [0.3, 0.4) is 0 Å². The fraction of sp³-hybridized carbons (Fsp3) is 0.462. The van der Waals surface area contributed by atoms with Crippen LogP contribution in [0.15, 0.2) is 18.2 Å². The minimum Gasteiger partial charge on any atom is -0.352 e. The summed E-state index contributed by atoms with van der Waals surface area (Å²) in [7, 11) is 0. The summed E-state index contributed by atoms with van der Waals surface area (Å²) in [5, 5.41) is 6.86.